The van der Waals surface area contributed by atoms with E-state index in [0.717, 1.165) is 18.0 Å². The van der Waals surface area contributed by atoms with Crippen LogP contribution in [0.3, 0.4) is 0 Å². The van der Waals surface area contributed by atoms with Crippen LogP contribution in [0.2, 0.25) is 0 Å². The largest absolute Gasteiger partial charge is 0.469 e. The molecule has 6 nitrogen and oxygen atoms in total. The second-order valence-corrected chi connectivity index (χ2v) is 5.62. The molecule has 2 unspecified atom stereocenters. The van der Waals surface area contributed by atoms with Gasteiger partial charge in [0.25, 0.3) is 0 Å². The summed E-state index contributed by atoms with van der Waals surface area (Å²) in [5, 5.41) is 12.5. The first-order valence-electron chi connectivity index (χ1n) is 5.65. The van der Waals surface area contributed by atoms with E-state index in [1.807, 2.05) is 18.5 Å². The molecule has 0 amide bonds. The number of hydrogen-bond donors (Lipinski definition) is 0. The molecule has 1 aromatic heterocycles. The highest BCUT2D eigenvalue weighted by molar-refractivity contribution is 7.99. The number of carbonyl (C=O) groups is 1. The average molecular weight is 256 g/mol. The number of methoxy groups -OCH3 is 1. The van der Waals surface area contributed by atoms with Crippen molar-refractivity contribution in [2.24, 2.45) is 5.92 Å². The predicted octanol–water partition coefficient (Wildman–Crippen LogP) is 1.30. The molecule has 0 bridgehead atoms. The fourth-order valence-electron chi connectivity index (χ4n) is 1.46. The van der Waals surface area contributed by atoms with Crippen LogP contribution in [0.5, 0.6) is 0 Å². The van der Waals surface area contributed by atoms with E-state index < -0.39 is 0 Å². The van der Waals surface area contributed by atoms with Crippen LogP contribution in [0.1, 0.15) is 32.7 Å². The van der Waals surface area contributed by atoms with E-state index in [9.17, 15) is 4.79 Å². The van der Waals surface area contributed by atoms with Gasteiger partial charge in [-0.05, 0) is 23.3 Å². The average Bonchev–Trinajstić information content (AvgIpc) is 3.08. The van der Waals surface area contributed by atoms with Crippen molar-refractivity contribution in [2.75, 3.05) is 7.11 Å². The third-order valence-electron chi connectivity index (χ3n) is 2.92. The van der Waals surface area contributed by atoms with Gasteiger partial charge in [-0.25, -0.2) is 4.68 Å². The molecule has 1 heterocycles. The molecular weight excluding hydrogens is 240 g/mol. The van der Waals surface area contributed by atoms with E-state index in [-0.39, 0.29) is 17.1 Å². The maximum Gasteiger partial charge on any atom is 0.309 e. The number of hydrogen-bond acceptors (Lipinski definition) is 6. The predicted molar refractivity (Wildman–Crippen MR) is 62.6 cm³/mol. The lowest BCUT2D eigenvalue weighted by Gasteiger charge is -2.16. The van der Waals surface area contributed by atoms with E-state index in [1.165, 1.54) is 18.9 Å². The van der Waals surface area contributed by atoms with Crippen molar-refractivity contribution in [3.05, 3.63) is 0 Å². The van der Waals surface area contributed by atoms with Gasteiger partial charge in [-0.3, -0.25) is 4.79 Å². The zero-order valence-corrected chi connectivity index (χ0v) is 11.0. The lowest BCUT2D eigenvalue weighted by atomic mass is 10.1. The highest BCUT2D eigenvalue weighted by atomic mass is 32.2. The summed E-state index contributed by atoms with van der Waals surface area (Å²) in [6, 6.07) is 0.452. The number of esters is 1. The summed E-state index contributed by atoms with van der Waals surface area (Å²) in [5.74, 6) is -0.371. The molecule has 2 rings (SSSR count). The van der Waals surface area contributed by atoms with E-state index in [1.54, 1.807) is 0 Å². The van der Waals surface area contributed by atoms with Crippen molar-refractivity contribution in [1.29, 1.82) is 0 Å². The quantitative estimate of drug-likeness (QED) is 0.584. The minimum Gasteiger partial charge on any atom is -0.469 e. The van der Waals surface area contributed by atoms with Crippen LogP contribution in [-0.2, 0) is 9.53 Å². The van der Waals surface area contributed by atoms with Gasteiger partial charge in [0, 0.05) is 5.25 Å². The van der Waals surface area contributed by atoms with Crippen molar-refractivity contribution >= 4 is 17.7 Å². The molecule has 1 aromatic rings. The molecule has 2 atom stereocenters. The van der Waals surface area contributed by atoms with Gasteiger partial charge in [-0.15, -0.1) is 5.10 Å². The first-order valence-corrected chi connectivity index (χ1v) is 6.53. The van der Waals surface area contributed by atoms with Crippen LogP contribution in [0.25, 0.3) is 0 Å². The highest BCUT2D eigenvalue weighted by Gasteiger charge is 2.30. The van der Waals surface area contributed by atoms with Crippen molar-refractivity contribution in [1.82, 2.24) is 20.2 Å². The van der Waals surface area contributed by atoms with Gasteiger partial charge in [0.05, 0.1) is 19.1 Å². The molecule has 94 valence electrons. The summed E-state index contributed by atoms with van der Waals surface area (Å²) in [5.41, 5.74) is 0. The van der Waals surface area contributed by atoms with Gasteiger partial charge in [-0.2, -0.15) is 0 Å². The Labute approximate surface area is 104 Å². The number of rotatable bonds is 5. The monoisotopic (exact) mass is 256 g/mol. The van der Waals surface area contributed by atoms with Crippen LogP contribution >= 0.6 is 11.8 Å². The van der Waals surface area contributed by atoms with E-state index in [4.69, 9.17) is 4.74 Å². The fraction of sp³-hybridized carbons (Fsp3) is 0.800. The van der Waals surface area contributed by atoms with E-state index in [2.05, 4.69) is 15.5 Å². The summed E-state index contributed by atoms with van der Waals surface area (Å²) < 4.78 is 6.58. The van der Waals surface area contributed by atoms with E-state index in [0.29, 0.717) is 6.04 Å². The van der Waals surface area contributed by atoms with Crippen LogP contribution in [0, 0.1) is 5.92 Å². The van der Waals surface area contributed by atoms with Crippen LogP contribution in [0.15, 0.2) is 5.16 Å². The Morgan fingerprint density at radius 3 is 2.82 bits per heavy atom. The molecule has 1 aliphatic rings. The summed E-state index contributed by atoms with van der Waals surface area (Å²) in [4.78, 5) is 11.4. The fourth-order valence-corrected chi connectivity index (χ4v) is 2.48. The molecule has 17 heavy (non-hydrogen) atoms. The van der Waals surface area contributed by atoms with Crippen molar-refractivity contribution in [3.63, 3.8) is 0 Å². The normalized spacial score (nSPS) is 18.8. The maximum atomic E-state index is 11.4. The third kappa shape index (κ3) is 2.77. The summed E-state index contributed by atoms with van der Waals surface area (Å²) in [6.45, 7) is 3.84. The molecular formula is C10H16N4O2S. The van der Waals surface area contributed by atoms with Gasteiger partial charge in [0.15, 0.2) is 0 Å². The Balaban J connectivity index is 1.99. The first-order chi connectivity index (χ1) is 8.13. The third-order valence-corrected chi connectivity index (χ3v) is 4.18. The number of carbonyl (C=O) groups excluding carboxylic acids is 1. The summed E-state index contributed by atoms with van der Waals surface area (Å²) in [6.07, 6.45) is 2.28. The number of nitrogens with zero attached hydrogens (tertiary/aromatic N) is 4. The molecule has 0 N–H and O–H groups in total. The lowest BCUT2D eigenvalue weighted by molar-refractivity contribution is -0.144. The molecule has 7 heteroatoms. The summed E-state index contributed by atoms with van der Waals surface area (Å²) >= 11 is 1.52. The van der Waals surface area contributed by atoms with Crippen LogP contribution in [0.4, 0.5) is 0 Å². The van der Waals surface area contributed by atoms with Gasteiger partial charge >= 0.3 is 5.97 Å². The maximum absolute atomic E-state index is 11.4. The molecule has 0 aliphatic heterocycles. The number of ether oxygens (including phenoxy) is 1. The smallest absolute Gasteiger partial charge is 0.309 e. The van der Waals surface area contributed by atoms with Gasteiger partial charge < -0.3 is 4.74 Å². The zero-order chi connectivity index (χ0) is 12.4. The Bertz CT molecular complexity index is 405. The van der Waals surface area contributed by atoms with Gasteiger partial charge in [-0.1, -0.05) is 25.6 Å². The van der Waals surface area contributed by atoms with E-state index >= 15 is 0 Å². The Morgan fingerprint density at radius 1 is 1.53 bits per heavy atom. The highest BCUT2D eigenvalue weighted by Crippen LogP contribution is 2.37. The van der Waals surface area contributed by atoms with Crippen LogP contribution in [-0.4, -0.2) is 38.5 Å². The first kappa shape index (κ1) is 12.3. The van der Waals surface area contributed by atoms with Gasteiger partial charge in [0.2, 0.25) is 5.16 Å². The molecule has 1 saturated carbocycles. The molecule has 0 saturated heterocycles. The second-order valence-electron chi connectivity index (χ2n) is 4.27. The second kappa shape index (κ2) is 5.03. The lowest BCUT2D eigenvalue weighted by Crippen LogP contribution is -2.22. The van der Waals surface area contributed by atoms with Gasteiger partial charge in [0.1, 0.15) is 0 Å². The SMILES string of the molecule is COC(=O)C(C)C(C)Sc1nnnn1C1CC1. The standard InChI is InChI=1S/C10H16N4O2S/c1-6(9(15)16-3)7(2)17-10-11-12-13-14(10)8-4-5-8/h6-8H,4-5H2,1-3H3. The van der Waals surface area contributed by atoms with Crippen molar-refractivity contribution in [2.45, 2.75) is 43.1 Å². The summed E-state index contributed by atoms with van der Waals surface area (Å²) in [7, 11) is 1.41. The topological polar surface area (TPSA) is 69.9 Å². The molecule has 1 aliphatic carbocycles. The zero-order valence-electron chi connectivity index (χ0n) is 10.2. The minimum absolute atomic E-state index is 0.0888. The molecule has 0 aromatic carbocycles. The Morgan fingerprint density at radius 2 is 2.24 bits per heavy atom. The number of aromatic nitrogens is 4. The molecule has 0 spiro atoms. The number of thioether (sulfide) groups is 1. The Kier molecular flexibility index (Phi) is 3.66. The van der Waals surface area contributed by atoms with Crippen molar-refractivity contribution in [3.8, 4) is 0 Å². The molecule has 1 fully saturated rings. The Hall–Kier alpha value is -1.11. The van der Waals surface area contributed by atoms with Crippen LogP contribution < -0.4 is 0 Å². The molecule has 0 radical (unpaired) electrons. The minimum atomic E-state index is -0.199. The number of tetrazole rings is 1. The van der Waals surface area contributed by atoms with Crippen molar-refractivity contribution < 1.29 is 9.53 Å².